The van der Waals surface area contributed by atoms with Crippen LogP contribution >= 0.6 is 0 Å². The molecule has 0 saturated carbocycles. The third-order valence-corrected chi connectivity index (χ3v) is 4.71. The van der Waals surface area contributed by atoms with E-state index in [1.54, 1.807) is 13.0 Å². The Bertz CT molecular complexity index is 888. The van der Waals surface area contributed by atoms with Gasteiger partial charge in [0.1, 0.15) is 6.04 Å². The Balaban J connectivity index is 2.19. The molecule has 0 spiro atoms. The maximum Gasteiger partial charge on any atom is 0.326 e. The van der Waals surface area contributed by atoms with E-state index in [-0.39, 0.29) is 0 Å². The molecule has 1 amide bonds. The highest BCUT2D eigenvalue weighted by Crippen LogP contribution is 2.25. The summed E-state index contributed by atoms with van der Waals surface area (Å²) >= 11 is 0. The standard InChI is InChI=1S/C17H19NO6S/c1-11(13-8-4-6-12-5-2-3-7-14(12)13)16(19)18-15(17(20)21)9-10-25(22,23)24/h2-8,11,15H,9-10H2,1H3,(H,18,19)(H,20,21)(H,22,23,24)/t11?,15-/m0/s1. The molecule has 2 rings (SSSR count). The maximum atomic E-state index is 12.4. The Morgan fingerprint density at radius 3 is 2.40 bits per heavy atom. The zero-order valence-corrected chi connectivity index (χ0v) is 14.4. The van der Waals surface area contributed by atoms with E-state index in [0.717, 1.165) is 16.3 Å². The van der Waals surface area contributed by atoms with Crippen LogP contribution in [0.2, 0.25) is 0 Å². The number of carboxylic acid groups (broad SMARTS) is 1. The summed E-state index contributed by atoms with van der Waals surface area (Å²) in [7, 11) is -4.30. The highest BCUT2D eigenvalue weighted by Gasteiger charge is 2.25. The smallest absolute Gasteiger partial charge is 0.326 e. The van der Waals surface area contributed by atoms with E-state index in [1.807, 2.05) is 36.4 Å². The Morgan fingerprint density at radius 2 is 1.76 bits per heavy atom. The summed E-state index contributed by atoms with van der Waals surface area (Å²) in [5.74, 6) is -3.26. The third kappa shape index (κ3) is 5.01. The lowest BCUT2D eigenvalue weighted by Crippen LogP contribution is -2.43. The first-order valence-corrected chi connectivity index (χ1v) is 9.26. The topological polar surface area (TPSA) is 121 Å². The molecule has 1 unspecified atom stereocenters. The number of fused-ring (bicyclic) bond motifs is 1. The summed E-state index contributed by atoms with van der Waals surface area (Å²) < 4.78 is 30.3. The zero-order chi connectivity index (χ0) is 18.6. The van der Waals surface area contributed by atoms with Crippen LogP contribution in [0.4, 0.5) is 0 Å². The van der Waals surface area contributed by atoms with Gasteiger partial charge in [-0.2, -0.15) is 8.42 Å². The molecule has 8 heteroatoms. The van der Waals surface area contributed by atoms with E-state index >= 15 is 0 Å². The number of hydrogen-bond acceptors (Lipinski definition) is 4. The van der Waals surface area contributed by atoms with Gasteiger partial charge < -0.3 is 10.4 Å². The van der Waals surface area contributed by atoms with Gasteiger partial charge >= 0.3 is 5.97 Å². The van der Waals surface area contributed by atoms with Crippen LogP contribution in [0.15, 0.2) is 42.5 Å². The van der Waals surface area contributed by atoms with Gasteiger partial charge in [-0.3, -0.25) is 9.35 Å². The van der Waals surface area contributed by atoms with E-state index in [2.05, 4.69) is 5.32 Å². The molecule has 25 heavy (non-hydrogen) atoms. The molecule has 0 bridgehead atoms. The molecule has 3 N–H and O–H groups in total. The Hall–Kier alpha value is -2.45. The molecule has 0 fully saturated rings. The minimum atomic E-state index is -4.30. The van der Waals surface area contributed by atoms with Gasteiger partial charge in [0.15, 0.2) is 0 Å². The molecule has 7 nitrogen and oxygen atoms in total. The number of aliphatic carboxylic acids is 1. The molecule has 2 aromatic rings. The lowest BCUT2D eigenvalue weighted by atomic mass is 9.94. The molecule has 134 valence electrons. The van der Waals surface area contributed by atoms with Crippen molar-refractivity contribution in [3.8, 4) is 0 Å². The monoisotopic (exact) mass is 365 g/mol. The lowest BCUT2D eigenvalue weighted by molar-refractivity contribution is -0.142. The van der Waals surface area contributed by atoms with Crippen LogP contribution in [0, 0.1) is 0 Å². The van der Waals surface area contributed by atoms with Crippen molar-refractivity contribution < 1.29 is 27.7 Å². The van der Waals surface area contributed by atoms with Gasteiger partial charge in [0.2, 0.25) is 5.91 Å². The highest BCUT2D eigenvalue weighted by molar-refractivity contribution is 7.85. The van der Waals surface area contributed by atoms with Crippen molar-refractivity contribution in [2.24, 2.45) is 0 Å². The number of nitrogens with one attached hydrogen (secondary N) is 1. The van der Waals surface area contributed by atoms with Crippen molar-refractivity contribution in [2.75, 3.05) is 5.75 Å². The summed E-state index contributed by atoms with van der Waals surface area (Å²) in [6, 6.07) is 11.6. The molecule has 0 aliphatic carbocycles. The summed E-state index contributed by atoms with van der Waals surface area (Å²) in [5.41, 5.74) is 0.745. The van der Waals surface area contributed by atoms with Crippen LogP contribution in [-0.4, -0.2) is 41.7 Å². The second-order valence-electron chi connectivity index (χ2n) is 5.76. The maximum absolute atomic E-state index is 12.4. The number of carbonyl (C=O) groups is 2. The summed E-state index contributed by atoms with van der Waals surface area (Å²) in [5, 5.41) is 13.3. The molecule has 0 saturated heterocycles. The van der Waals surface area contributed by atoms with Crippen LogP contribution < -0.4 is 5.32 Å². The van der Waals surface area contributed by atoms with Crippen molar-refractivity contribution in [2.45, 2.75) is 25.3 Å². The van der Waals surface area contributed by atoms with E-state index in [4.69, 9.17) is 9.66 Å². The van der Waals surface area contributed by atoms with Gasteiger partial charge in [0.05, 0.1) is 11.7 Å². The van der Waals surface area contributed by atoms with Crippen LogP contribution in [-0.2, 0) is 19.7 Å². The molecule has 0 radical (unpaired) electrons. The van der Waals surface area contributed by atoms with Gasteiger partial charge in [0, 0.05) is 0 Å². The van der Waals surface area contributed by atoms with Gasteiger partial charge in [-0.15, -0.1) is 0 Å². The largest absolute Gasteiger partial charge is 0.480 e. The fourth-order valence-corrected chi connectivity index (χ4v) is 3.12. The molecular formula is C17H19NO6S. The van der Waals surface area contributed by atoms with Crippen molar-refractivity contribution in [1.82, 2.24) is 5.32 Å². The predicted molar refractivity (Wildman–Crippen MR) is 93.0 cm³/mol. The average molecular weight is 365 g/mol. The molecule has 2 atom stereocenters. The SMILES string of the molecule is CC(C(=O)N[C@@H](CCS(=O)(=O)O)C(=O)O)c1cccc2ccccc12. The molecule has 0 aromatic heterocycles. The number of benzene rings is 2. The minimum Gasteiger partial charge on any atom is -0.480 e. The van der Waals surface area contributed by atoms with Crippen LogP contribution in [0.3, 0.4) is 0 Å². The van der Waals surface area contributed by atoms with E-state index in [0.29, 0.717) is 0 Å². The second kappa shape index (κ2) is 7.62. The molecule has 0 aliphatic heterocycles. The lowest BCUT2D eigenvalue weighted by Gasteiger charge is -2.19. The Morgan fingerprint density at radius 1 is 1.12 bits per heavy atom. The minimum absolute atomic E-state index is 0.415. The average Bonchev–Trinajstić information content (AvgIpc) is 2.56. The first kappa shape index (κ1) is 18.9. The van der Waals surface area contributed by atoms with Crippen LogP contribution in [0.1, 0.15) is 24.8 Å². The third-order valence-electron chi connectivity index (χ3n) is 3.96. The number of carboxylic acids is 1. The van der Waals surface area contributed by atoms with Crippen molar-refractivity contribution in [1.29, 1.82) is 0 Å². The number of hydrogen-bond donors (Lipinski definition) is 3. The zero-order valence-electron chi connectivity index (χ0n) is 13.5. The molecule has 2 aromatic carbocycles. The van der Waals surface area contributed by atoms with Crippen molar-refractivity contribution in [3.63, 3.8) is 0 Å². The predicted octanol–water partition coefficient (Wildman–Crippen LogP) is 1.79. The van der Waals surface area contributed by atoms with Gasteiger partial charge in [0.25, 0.3) is 10.1 Å². The number of amides is 1. The molecule has 0 heterocycles. The summed E-state index contributed by atoms with van der Waals surface area (Å²) in [6.45, 7) is 1.65. The molecule has 0 aliphatic rings. The first-order valence-electron chi connectivity index (χ1n) is 7.65. The Kier molecular flexibility index (Phi) is 5.76. The van der Waals surface area contributed by atoms with E-state index in [1.165, 1.54) is 0 Å². The quantitative estimate of drug-likeness (QED) is 0.643. The van der Waals surface area contributed by atoms with Crippen LogP contribution in [0.25, 0.3) is 10.8 Å². The highest BCUT2D eigenvalue weighted by atomic mass is 32.2. The van der Waals surface area contributed by atoms with Gasteiger partial charge in [-0.25, -0.2) is 4.79 Å². The Labute approximate surface area is 145 Å². The van der Waals surface area contributed by atoms with E-state index in [9.17, 15) is 18.0 Å². The molecular weight excluding hydrogens is 346 g/mol. The summed E-state index contributed by atoms with van der Waals surface area (Å²) in [6.07, 6.45) is -0.415. The number of rotatable bonds is 7. The number of carbonyl (C=O) groups excluding carboxylic acids is 1. The fraction of sp³-hybridized carbons (Fsp3) is 0.294. The van der Waals surface area contributed by atoms with Crippen molar-refractivity contribution in [3.05, 3.63) is 48.0 Å². The summed E-state index contributed by atoms with van der Waals surface area (Å²) in [4.78, 5) is 23.7. The van der Waals surface area contributed by atoms with Crippen LogP contribution in [0.5, 0.6) is 0 Å². The normalized spacial score (nSPS) is 14.0. The van der Waals surface area contributed by atoms with E-state index < -0.39 is 46.1 Å². The van der Waals surface area contributed by atoms with Gasteiger partial charge in [-0.05, 0) is 29.7 Å². The first-order chi connectivity index (χ1) is 11.7. The van der Waals surface area contributed by atoms with Crippen molar-refractivity contribution >= 4 is 32.8 Å². The second-order valence-corrected chi connectivity index (χ2v) is 7.34. The fourth-order valence-electron chi connectivity index (χ4n) is 2.59. The van der Waals surface area contributed by atoms with Gasteiger partial charge in [-0.1, -0.05) is 42.5 Å².